The molecule has 1 aromatic carbocycles. The number of rotatable bonds is 4. The van der Waals surface area contributed by atoms with Crippen molar-refractivity contribution in [2.45, 2.75) is 6.92 Å². The number of carboxylic acids is 1. The van der Waals surface area contributed by atoms with E-state index in [1.807, 2.05) is 31.1 Å². The Morgan fingerprint density at radius 3 is 2.33 bits per heavy atom. The molecular formula is C15H17N3O3. The van der Waals surface area contributed by atoms with Crippen molar-refractivity contribution in [3.63, 3.8) is 0 Å². The van der Waals surface area contributed by atoms with Gasteiger partial charge in [-0.25, -0.2) is 4.79 Å². The maximum Gasteiger partial charge on any atom is 0.339 e. The van der Waals surface area contributed by atoms with Crippen LogP contribution in [0.2, 0.25) is 0 Å². The molecule has 0 aliphatic heterocycles. The molecule has 0 fully saturated rings. The fourth-order valence-corrected chi connectivity index (χ4v) is 2.01. The molecule has 0 bridgehead atoms. The number of nitrogens with one attached hydrogen (secondary N) is 2. The first kappa shape index (κ1) is 14.6. The molecule has 0 aliphatic carbocycles. The fourth-order valence-electron chi connectivity index (χ4n) is 2.01. The lowest BCUT2D eigenvalue weighted by Gasteiger charge is -2.12. The van der Waals surface area contributed by atoms with Crippen molar-refractivity contribution in [1.82, 2.24) is 4.98 Å². The molecule has 2 aromatic rings. The van der Waals surface area contributed by atoms with Crippen molar-refractivity contribution in [1.29, 1.82) is 0 Å². The van der Waals surface area contributed by atoms with E-state index in [-0.39, 0.29) is 17.2 Å². The van der Waals surface area contributed by atoms with Crippen molar-refractivity contribution in [3.8, 4) is 0 Å². The first-order chi connectivity index (χ1) is 9.90. The highest BCUT2D eigenvalue weighted by Crippen LogP contribution is 2.20. The summed E-state index contributed by atoms with van der Waals surface area (Å²) in [5.74, 6) is -1.42. The Balaban J connectivity index is 2.20. The number of aromatic carboxylic acids is 1. The molecule has 1 amide bonds. The van der Waals surface area contributed by atoms with E-state index >= 15 is 0 Å². The maximum absolute atomic E-state index is 12.1. The van der Waals surface area contributed by atoms with Crippen LogP contribution in [0.15, 0.2) is 30.5 Å². The number of amides is 1. The minimum absolute atomic E-state index is 0.0771. The molecule has 21 heavy (non-hydrogen) atoms. The standard InChI is InChI=1S/C15H17N3O3/c1-9-13(15(20)21)12(8-16-9)17-14(19)10-4-6-11(7-5-10)18(2)3/h4-8,16H,1-3H3,(H,17,19)(H,20,21). The summed E-state index contributed by atoms with van der Waals surface area (Å²) >= 11 is 0. The summed E-state index contributed by atoms with van der Waals surface area (Å²) in [5, 5.41) is 11.8. The summed E-state index contributed by atoms with van der Waals surface area (Å²) in [6.07, 6.45) is 1.48. The number of aromatic nitrogens is 1. The van der Waals surface area contributed by atoms with Crippen molar-refractivity contribution in [2.24, 2.45) is 0 Å². The highest BCUT2D eigenvalue weighted by molar-refractivity contribution is 6.08. The number of anilines is 2. The number of carboxylic acid groups (broad SMARTS) is 1. The van der Waals surface area contributed by atoms with Gasteiger partial charge in [0.1, 0.15) is 5.56 Å². The van der Waals surface area contributed by atoms with E-state index < -0.39 is 5.97 Å². The van der Waals surface area contributed by atoms with Crippen LogP contribution in [-0.4, -0.2) is 36.1 Å². The highest BCUT2D eigenvalue weighted by atomic mass is 16.4. The second-order valence-electron chi connectivity index (χ2n) is 4.90. The first-order valence-corrected chi connectivity index (χ1v) is 6.40. The summed E-state index contributed by atoms with van der Waals surface area (Å²) in [7, 11) is 3.83. The number of carbonyl (C=O) groups excluding carboxylic acids is 1. The predicted molar refractivity (Wildman–Crippen MR) is 81.2 cm³/mol. The molecule has 1 heterocycles. The van der Waals surface area contributed by atoms with E-state index in [0.29, 0.717) is 11.3 Å². The van der Waals surface area contributed by atoms with Gasteiger partial charge >= 0.3 is 5.97 Å². The van der Waals surface area contributed by atoms with Gasteiger partial charge < -0.3 is 20.3 Å². The van der Waals surface area contributed by atoms with Gasteiger partial charge in [-0.2, -0.15) is 0 Å². The van der Waals surface area contributed by atoms with Crippen LogP contribution < -0.4 is 10.2 Å². The van der Waals surface area contributed by atoms with Crippen LogP contribution in [0.3, 0.4) is 0 Å². The van der Waals surface area contributed by atoms with Gasteiger partial charge in [0, 0.05) is 37.2 Å². The average molecular weight is 287 g/mol. The normalized spacial score (nSPS) is 10.2. The van der Waals surface area contributed by atoms with Gasteiger partial charge in [0.2, 0.25) is 0 Å². The summed E-state index contributed by atoms with van der Waals surface area (Å²) in [5.41, 5.74) is 2.29. The van der Waals surface area contributed by atoms with E-state index in [4.69, 9.17) is 5.11 Å². The molecule has 0 radical (unpaired) electrons. The SMILES string of the molecule is Cc1[nH]cc(NC(=O)c2ccc(N(C)C)cc2)c1C(=O)O. The zero-order valence-electron chi connectivity index (χ0n) is 12.1. The zero-order valence-corrected chi connectivity index (χ0v) is 12.1. The number of aryl methyl sites for hydroxylation is 1. The Bertz CT molecular complexity index is 672. The van der Waals surface area contributed by atoms with Gasteiger partial charge in [-0.15, -0.1) is 0 Å². The minimum Gasteiger partial charge on any atom is -0.478 e. The molecule has 1 aromatic heterocycles. The largest absolute Gasteiger partial charge is 0.478 e. The number of hydrogen-bond donors (Lipinski definition) is 3. The lowest BCUT2D eigenvalue weighted by molar-refractivity contribution is 0.0697. The quantitative estimate of drug-likeness (QED) is 0.805. The van der Waals surface area contributed by atoms with E-state index in [1.165, 1.54) is 6.20 Å². The fraction of sp³-hybridized carbons (Fsp3) is 0.200. The number of carbonyl (C=O) groups is 2. The summed E-state index contributed by atoms with van der Waals surface area (Å²) in [6.45, 7) is 1.64. The third kappa shape index (κ3) is 3.05. The van der Waals surface area contributed by atoms with Crippen LogP contribution >= 0.6 is 0 Å². The molecule has 6 heteroatoms. The van der Waals surface area contributed by atoms with Gasteiger partial charge in [-0.3, -0.25) is 4.79 Å². The molecule has 6 nitrogen and oxygen atoms in total. The van der Waals surface area contributed by atoms with Crippen LogP contribution in [0.5, 0.6) is 0 Å². The summed E-state index contributed by atoms with van der Waals surface area (Å²) in [6, 6.07) is 7.06. The van der Waals surface area contributed by atoms with E-state index in [1.54, 1.807) is 19.1 Å². The smallest absolute Gasteiger partial charge is 0.339 e. The number of benzene rings is 1. The Labute approximate surface area is 122 Å². The van der Waals surface area contributed by atoms with Crippen LogP contribution in [0, 0.1) is 6.92 Å². The maximum atomic E-state index is 12.1. The number of aromatic amines is 1. The molecular weight excluding hydrogens is 270 g/mol. The molecule has 3 N–H and O–H groups in total. The van der Waals surface area contributed by atoms with Gasteiger partial charge in [0.15, 0.2) is 0 Å². The average Bonchev–Trinajstić information content (AvgIpc) is 2.79. The molecule has 0 spiro atoms. The molecule has 0 saturated heterocycles. The second-order valence-corrected chi connectivity index (χ2v) is 4.90. The van der Waals surface area contributed by atoms with Gasteiger partial charge in [-0.1, -0.05) is 0 Å². The molecule has 0 aliphatic rings. The third-order valence-electron chi connectivity index (χ3n) is 3.19. The van der Waals surface area contributed by atoms with E-state index in [2.05, 4.69) is 10.3 Å². The Hall–Kier alpha value is -2.76. The van der Waals surface area contributed by atoms with Gasteiger partial charge in [-0.05, 0) is 31.2 Å². The molecule has 0 unspecified atom stereocenters. The monoisotopic (exact) mass is 287 g/mol. The van der Waals surface area contributed by atoms with Crippen LogP contribution in [0.4, 0.5) is 11.4 Å². The van der Waals surface area contributed by atoms with Crippen molar-refractivity contribution < 1.29 is 14.7 Å². The third-order valence-corrected chi connectivity index (χ3v) is 3.19. The summed E-state index contributed by atoms with van der Waals surface area (Å²) < 4.78 is 0. The Morgan fingerprint density at radius 1 is 1.19 bits per heavy atom. The lowest BCUT2D eigenvalue weighted by Crippen LogP contribution is -2.14. The van der Waals surface area contributed by atoms with Gasteiger partial charge in [0.05, 0.1) is 5.69 Å². The second kappa shape index (κ2) is 5.70. The lowest BCUT2D eigenvalue weighted by atomic mass is 10.1. The van der Waals surface area contributed by atoms with Crippen LogP contribution in [0.25, 0.3) is 0 Å². The van der Waals surface area contributed by atoms with Gasteiger partial charge in [0.25, 0.3) is 5.91 Å². The Kier molecular flexibility index (Phi) is 3.98. The minimum atomic E-state index is -1.08. The molecule has 110 valence electrons. The number of nitrogens with zero attached hydrogens (tertiary/aromatic N) is 1. The molecule has 2 rings (SSSR count). The Morgan fingerprint density at radius 2 is 1.81 bits per heavy atom. The highest BCUT2D eigenvalue weighted by Gasteiger charge is 2.17. The number of H-pyrrole nitrogens is 1. The molecule has 0 atom stereocenters. The first-order valence-electron chi connectivity index (χ1n) is 6.40. The van der Waals surface area contributed by atoms with Crippen LogP contribution in [-0.2, 0) is 0 Å². The van der Waals surface area contributed by atoms with E-state index in [0.717, 1.165) is 5.69 Å². The van der Waals surface area contributed by atoms with E-state index in [9.17, 15) is 9.59 Å². The van der Waals surface area contributed by atoms with Crippen molar-refractivity contribution >= 4 is 23.3 Å². The predicted octanol–water partition coefficient (Wildman–Crippen LogP) is 2.34. The topological polar surface area (TPSA) is 85.4 Å². The summed E-state index contributed by atoms with van der Waals surface area (Å²) in [4.78, 5) is 28.0. The molecule has 0 saturated carbocycles. The zero-order chi connectivity index (χ0) is 15.6. The number of hydrogen-bond acceptors (Lipinski definition) is 3. The van der Waals surface area contributed by atoms with Crippen LogP contribution in [0.1, 0.15) is 26.4 Å². The van der Waals surface area contributed by atoms with Crippen molar-refractivity contribution in [2.75, 3.05) is 24.3 Å². The van der Waals surface area contributed by atoms with Crippen molar-refractivity contribution in [3.05, 3.63) is 47.3 Å².